The molecule has 4 heteroatoms. The molecule has 154 valence electrons. The fraction of sp³-hybridized carbons (Fsp3) is 0.520. The largest absolute Gasteiger partial charge is 0.342 e. The highest BCUT2D eigenvalue weighted by molar-refractivity contribution is 6.07. The van der Waals surface area contributed by atoms with Crippen molar-refractivity contribution in [1.29, 1.82) is 0 Å². The van der Waals surface area contributed by atoms with Crippen LogP contribution in [0.5, 0.6) is 0 Å². The van der Waals surface area contributed by atoms with E-state index in [9.17, 15) is 9.59 Å². The lowest BCUT2D eigenvalue weighted by Crippen LogP contribution is -2.48. The topological polar surface area (TPSA) is 40.6 Å². The predicted molar refractivity (Wildman–Crippen MR) is 117 cm³/mol. The number of amides is 2. The summed E-state index contributed by atoms with van der Waals surface area (Å²) < 4.78 is 0. The minimum atomic E-state index is -0.0732. The fourth-order valence-electron chi connectivity index (χ4n) is 5.06. The van der Waals surface area contributed by atoms with Gasteiger partial charge in [-0.3, -0.25) is 9.59 Å². The third kappa shape index (κ3) is 4.31. The zero-order valence-electron chi connectivity index (χ0n) is 17.5. The molecule has 0 bridgehead atoms. The molecule has 2 aromatic carbocycles. The van der Waals surface area contributed by atoms with E-state index in [1.54, 1.807) is 0 Å². The molecule has 0 radical (unpaired) electrons. The van der Waals surface area contributed by atoms with Crippen LogP contribution in [0.2, 0.25) is 0 Å². The normalized spacial score (nSPS) is 21.0. The Hall–Kier alpha value is -2.36. The van der Waals surface area contributed by atoms with Crippen molar-refractivity contribution in [1.82, 2.24) is 9.80 Å². The summed E-state index contributed by atoms with van der Waals surface area (Å²) in [6, 6.07) is 14.3. The molecule has 4 rings (SSSR count). The average molecular weight is 393 g/mol. The van der Waals surface area contributed by atoms with Gasteiger partial charge in [-0.2, -0.15) is 0 Å². The number of benzene rings is 2. The molecule has 2 aliphatic rings. The lowest BCUT2D eigenvalue weighted by atomic mass is 9.94. The second-order valence-electron chi connectivity index (χ2n) is 8.71. The van der Waals surface area contributed by atoms with Crippen molar-refractivity contribution < 1.29 is 9.59 Å². The molecule has 1 aliphatic heterocycles. The van der Waals surface area contributed by atoms with Crippen LogP contribution in [0.4, 0.5) is 0 Å². The number of piperidine rings is 1. The maximum atomic E-state index is 13.3. The van der Waals surface area contributed by atoms with E-state index in [-0.39, 0.29) is 17.7 Å². The van der Waals surface area contributed by atoms with Gasteiger partial charge in [0.05, 0.1) is 5.92 Å². The van der Waals surface area contributed by atoms with Crippen LogP contribution in [0, 0.1) is 5.92 Å². The molecule has 1 aliphatic carbocycles. The first kappa shape index (κ1) is 19.9. The molecule has 0 spiro atoms. The molecule has 0 N–H and O–H groups in total. The number of hydrogen-bond donors (Lipinski definition) is 0. The van der Waals surface area contributed by atoms with E-state index in [1.807, 2.05) is 59.3 Å². The van der Waals surface area contributed by atoms with Crippen LogP contribution in [-0.4, -0.2) is 47.8 Å². The number of carbonyl (C=O) groups is 2. The monoisotopic (exact) mass is 392 g/mol. The lowest BCUT2D eigenvalue weighted by Gasteiger charge is -2.36. The van der Waals surface area contributed by atoms with Gasteiger partial charge in [0.2, 0.25) is 5.91 Å². The SMILES string of the molecule is CN(C(=O)C1CCCN(C(=O)c2cccc3ccccc23)C1)C1CCCCCC1. The molecule has 2 amide bonds. The summed E-state index contributed by atoms with van der Waals surface area (Å²) in [5, 5.41) is 2.07. The Morgan fingerprint density at radius 3 is 2.41 bits per heavy atom. The van der Waals surface area contributed by atoms with Crippen LogP contribution in [0.3, 0.4) is 0 Å². The second kappa shape index (κ2) is 8.98. The Labute approximate surface area is 173 Å². The number of carbonyl (C=O) groups excluding carboxylic acids is 2. The van der Waals surface area contributed by atoms with Crippen molar-refractivity contribution in [3.05, 3.63) is 48.0 Å². The molecule has 2 aromatic rings. The van der Waals surface area contributed by atoms with Crippen molar-refractivity contribution in [3.8, 4) is 0 Å². The van der Waals surface area contributed by atoms with Gasteiger partial charge in [-0.05, 0) is 42.5 Å². The van der Waals surface area contributed by atoms with Gasteiger partial charge in [0.25, 0.3) is 5.91 Å². The standard InChI is InChI=1S/C25H32N2O2/c1-26(21-13-4-2-3-5-14-21)24(28)20-12-9-17-27(18-20)25(29)23-16-8-11-19-10-6-7-15-22(19)23/h6-8,10-11,15-16,20-21H,2-5,9,12-14,17-18H2,1H3. The molecule has 2 fully saturated rings. The summed E-state index contributed by atoms with van der Waals surface area (Å²) in [6.45, 7) is 1.27. The van der Waals surface area contributed by atoms with E-state index in [0.717, 1.165) is 48.6 Å². The second-order valence-corrected chi connectivity index (χ2v) is 8.71. The number of nitrogens with zero attached hydrogens (tertiary/aromatic N) is 2. The van der Waals surface area contributed by atoms with Gasteiger partial charge in [0.15, 0.2) is 0 Å². The van der Waals surface area contributed by atoms with Crippen LogP contribution in [-0.2, 0) is 4.79 Å². The number of rotatable bonds is 3. The molecule has 29 heavy (non-hydrogen) atoms. The summed E-state index contributed by atoms with van der Waals surface area (Å²) in [5.74, 6) is 0.208. The molecular weight excluding hydrogens is 360 g/mol. The maximum Gasteiger partial charge on any atom is 0.254 e. The Bertz CT molecular complexity index is 865. The molecule has 1 unspecified atom stereocenters. The van der Waals surface area contributed by atoms with E-state index in [2.05, 4.69) is 0 Å². The zero-order valence-corrected chi connectivity index (χ0v) is 17.5. The first-order valence-electron chi connectivity index (χ1n) is 11.2. The average Bonchev–Trinajstić information content (AvgIpc) is 3.07. The summed E-state index contributed by atoms with van der Waals surface area (Å²) in [5.41, 5.74) is 0.744. The highest BCUT2D eigenvalue weighted by Crippen LogP contribution is 2.27. The minimum absolute atomic E-state index is 0.0522. The van der Waals surface area contributed by atoms with Crippen LogP contribution in [0.25, 0.3) is 10.8 Å². The van der Waals surface area contributed by atoms with E-state index >= 15 is 0 Å². The molecule has 0 aromatic heterocycles. The zero-order chi connectivity index (χ0) is 20.2. The van der Waals surface area contributed by atoms with E-state index in [0.29, 0.717) is 12.6 Å². The van der Waals surface area contributed by atoms with Crippen LogP contribution < -0.4 is 0 Å². The van der Waals surface area contributed by atoms with Crippen LogP contribution >= 0.6 is 0 Å². The van der Waals surface area contributed by atoms with Gasteiger partial charge in [0.1, 0.15) is 0 Å². The molecule has 4 nitrogen and oxygen atoms in total. The van der Waals surface area contributed by atoms with Crippen molar-refractivity contribution in [2.75, 3.05) is 20.1 Å². The highest BCUT2D eigenvalue weighted by atomic mass is 16.2. The van der Waals surface area contributed by atoms with Gasteiger partial charge < -0.3 is 9.80 Å². The lowest BCUT2D eigenvalue weighted by molar-refractivity contribution is -0.138. The van der Waals surface area contributed by atoms with Crippen molar-refractivity contribution in [2.24, 2.45) is 5.92 Å². The Kier molecular flexibility index (Phi) is 6.17. The van der Waals surface area contributed by atoms with Crippen LogP contribution in [0.15, 0.2) is 42.5 Å². The first-order valence-corrected chi connectivity index (χ1v) is 11.2. The highest BCUT2D eigenvalue weighted by Gasteiger charge is 2.33. The molecule has 1 heterocycles. The van der Waals surface area contributed by atoms with Crippen molar-refractivity contribution in [3.63, 3.8) is 0 Å². The summed E-state index contributed by atoms with van der Waals surface area (Å²) in [4.78, 5) is 30.4. The van der Waals surface area contributed by atoms with Gasteiger partial charge >= 0.3 is 0 Å². The molecule has 1 saturated carbocycles. The van der Waals surface area contributed by atoms with Gasteiger partial charge in [-0.15, -0.1) is 0 Å². The quantitative estimate of drug-likeness (QED) is 0.699. The maximum absolute atomic E-state index is 13.3. The number of hydrogen-bond acceptors (Lipinski definition) is 2. The Balaban J connectivity index is 1.47. The summed E-state index contributed by atoms with van der Waals surface area (Å²) in [7, 11) is 1.98. The molecular formula is C25H32N2O2. The Morgan fingerprint density at radius 2 is 1.62 bits per heavy atom. The summed E-state index contributed by atoms with van der Waals surface area (Å²) in [6.07, 6.45) is 9.03. The first-order chi connectivity index (χ1) is 14.1. The van der Waals surface area contributed by atoms with Gasteiger partial charge in [0, 0.05) is 31.7 Å². The van der Waals surface area contributed by atoms with E-state index in [1.165, 1.54) is 25.7 Å². The third-order valence-electron chi connectivity index (χ3n) is 6.80. The molecule has 1 atom stereocenters. The van der Waals surface area contributed by atoms with Gasteiger partial charge in [-0.1, -0.05) is 62.1 Å². The van der Waals surface area contributed by atoms with E-state index in [4.69, 9.17) is 0 Å². The van der Waals surface area contributed by atoms with E-state index < -0.39 is 0 Å². The third-order valence-corrected chi connectivity index (χ3v) is 6.80. The van der Waals surface area contributed by atoms with Crippen LogP contribution in [0.1, 0.15) is 61.7 Å². The summed E-state index contributed by atoms with van der Waals surface area (Å²) >= 11 is 0. The van der Waals surface area contributed by atoms with Crippen molar-refractivity contribution in [2.45, 2.75) is 57.4 Å². The fourth-order valence-corrected chi connectivity index (χ4v) is 5.06. The Morgan fingerprint density at radius 1 is 0.897 bits per heavy atom. The van der Waals surface area contributed by atoms with Gasteiger partial charge in [-0.25, -0.2) is 0 Å². The predicted octanol–water partition coefficient (Wildman–Crippen LogP) is 4.87. The number of likely N-dealkylation sites (tertiary alicyclic amines) is 1. The molecule has 1 saturated heterocycles. The number of fused-ring (bicyclic) bond motifs is 1. The smallest absolute Gasteiger partial charge is 0.254 e. The van der Waals surface area contributed by atoms with Crippen molar-refractivity contribution >= 4 is 22.6 Å². The minimum Gasteiger partial charge on any atom is -0.342 e.